The maximum Gasteiger partial charge on any atom is 0.272 e. The first kappa shape index (κ1) is 22.2. The highest BCUT2D eigenvalue weighted by Crippen LogP contribution is 2.36. The number of halogens is 1. The number of carbonyl (C=O) groups is 1. The monoisotopic (exact) mass is 503 g/mol. The molecule has 0 spiro atoms. The molecule has 1 aliphatic rings. The predicted octanol–water partition coefficient (Wildman–Crippen LogP) is 4.00. The molecular formula is C24H22ClN9O2. The number of rotatable bonds is 6. The Morgan fingerprint density at radius 1 is 1.17 bits per heavy atom. The number of aromatic nitrogens is 7. The van der Waals surface area contributed by atoms with Crippen LogP contribution in [-0.2, 0) is 13.5 Å². The van der Waals surface area contributed by atoms with E-state index in [9.17, 15) is 4.79 Å². The van der Waals surface area contributed by atoms with Gasteiger partial charge < -0.3 is 19.5 Å². The average Bonchev–Trinajstić information content (AvgIpc) is 3.40. The molecule has 182 valence electrons. The van der Waals surface area contributed by atoms with E-state index in [0.29, 0.717) is 51.3 Å². The Bertz CT molecular complexity index is 1620. The quantitative estimate of drug-likeness (QED) is 0.369. The van der Waals surface area contributed by atoms with Crippen LogP contribution in [0.5, 0.6) is 11.5 Å². The zero-order valence-electron chi connectivity index (χ0n) is 19.6. The number of nitrogens with zero attached hydrogens (tertiary/aromatic N) is 8. The average molecular weight is 504 g/mol. The van der Waals surface area contributed by atoms with E-state index in [1.807, 2.05) is 20.0 Å². The Morgan fingerprint density at radius 2 is 2.03 bits per heavy atom. The molecule has 5 aromatic heterocycles. The zero-order chi connectivity index (χ0) is 24.8. The van der Waals surface area contributed by atoms with Gasteiger partial charge in [-0.15, -0.1) is 0 Å². The molecular weight excluding hydrogens is 482 g/mol. The fraction of sp³-hybridized carbons (Fsp3) is 0.250. The van der Waals surface area contributed by atoms with Crippen molar-refractivity contribution in [3.05, 3.63) is 59.5 Å². The highest BCUT2D eigenvalue weighted by atomic mass is 35.5. The van der Waals surface area contributed by atoms with Gasteiger partial charge in [-0.05, 0) is 25.0 Å². The summed E-state index contributed by atoms with van der Waals surface area (Å²) in [6.45, 7) is 3.54. The molecule has 1 aliphatic heterocycles. The Hall–Kier alpha value is -4.25. The van der Waals surface area contributed by atoms with Crippen LogP contribution in [0.1, 0.15) is 29.5 Å². The largest absolute Gasteiger partial charge is 0.450 e. The first-order chi connectivity index (χ1) is 17.5. The van der Waals surface area contributed by atoms with Gasteiger partial charge in [0.25, 0.3) is 5.91 Å². The first-order valence-corrected chi connectivity index (χ1v) is 11.9. The topological polar surface area (TPSA) is 115 Å². The van der Waals surface area contributed by atoms with Crippen molar-refractivity contribution in [2.24, 2.45) is 7.05 Å². The van der Waals surface area contributed by atoms with E-state index in [0.717, 1.165) is 30.9 Å². The number of hydrogen-bond donors (Lipinski definition) is 1. The number of fused-ring (bicyclic) bond motifs is 2. The number of likely N-dealkylation sites (tertiary alicyclic amines) is 1. The molecule has 0 aliphatic carbocycles. The highest BCUT2D eigenvalue weighted by Gasteiger charge is 2.24. The minimum Gasteiger partial charge on any atom is -0.450 e. The van der Waals surface area contributed by atoms with E-state index in [1.165, 1.54) is 6.20 Å². The van der Waals surface area contributed by atoms with Crippen LogP contribution in [0.2, 0.25) is 5.02 Å². The van der Waals surface area contributed by atoms with Crippen molar-refractivity contribution in [3.8, 4) is 11.5 Å². The van der Waals surface area contributed by atoms with Crippen molar-refractivity contribution in [1.82, 2.24) is 39.0 Å². The van der Waals surface area contributed by atoms with Crippen LogP contribution in [0.25, 0.3) is 16.7 Å². The van der Waals surface area contributed by atoms with Gasteiger partial charge in [0, 0.05) is 43.9 Å². The second-order valence-corrected chi connectivity index (χ2v) is 8.85. The maximum atomic E-state index is 12.8. The smallest absolute Gasteiger partial charge is 0.272 e. The van der Waals surface area contributed by atoms with Crippen molar-refractivity contribution in [3.63, 3.8) is 0 Å². The lowest BCUT2D eigenvalue weighted by Gasteiger charge is -2.30. The Labute approximate surface area is 210 Å². The van der Waals surface area contributed by atoms with E-state index >= 15 is 0 Å². The van der Waals surface area contributed by atoms with Gasteiger partial charge in [-0.1, -0.05) is 18.5 Å². The molecule has 0 aromatic carbocycles. The number of anilines is 2. The van der Waals surface area contributed by atoms with E-state index < -0.39 is 0 Å². The van der Waals surface area contributed by atoms with Crippen LogP contribution >= 0.6 is 11.6 Å². The zero-order valence-corrected chi connectivity index (χ0v) is 20.4. The molecule has 1 saturated heterocycles. The molecule has 11 nitrogen and oxygen atoms in total. The maximum absolute atomic E-state index is 12.8. The molecule has 0 radical (unpaired) electrons. The molecule has 12 heteroatoms. The third-order valence-electron chi connectivity index (χ3n) is 6.17. The molecule has 0 unspecified atom stereocenters. The van der Waals surface area contributed by atoms with Crippen LogP contribution in [0, 0.1) is 0 Å². The number of carbonyl (C=O) groups excluding carboxylic acids is 1. The standard InChI is InChI=1S/C24H22ClN9O2/c1-3-14-9-15(10-16(29-14)23(35)33-6-4-7-33)30-24-31-22-21(32(24)2)20(25)19(12-27-22)36-18-13-28-34-8-5-26-11-17(18)34/h5,8-13H,3-4,6-7H2,1-2H3,(H,27,29,30,31). The summed E-state index contributed by atoms with van der Waals surface area (Å²) in [6, 6.07) is 3.66. The van der Waals surface area contributed by atoms with Crippen molar-refractivity contribution in [2.45, 2.75) is 19.8 Å². The summed E-state index contributed by atoms with van der Waals surface area (Å²) in [7, 11) is 1.84. The number of imidazole rings is 1. The van der Waals surface area contributed by atoms with E-state index in [2.05, 4.69) is 30.4 Å². The minimum absolute atomic E-state index is 0.0565. The lowest BCUT2D eigenvalue weighted by atomic mass is 10.1. The van der Waals surface area contributed by atoms with Crippen LogP contribution in [0.15, 0.2) is 43.1 Å². The normalized spacial score (nSPS) is 13.2. The minimum atomic E-state index is -0.0565. The Morgan fingerprint density at radius 3 is 2.81 bits per heavy atom. The fourth-order valence-electron chi connectivity index (χ4n) is 4.07. The van der Waals surface area contributed by atoms with Crippen LogP contribution in [0.3, 0.4) is 0 Å². The molecule has 5 aromatic rings. The van der Waals surface area contributed by atoms with E-state index in [1.54, 1.807) is 44.8 Å². The summed E-state index contributed by atoms with van der Waals surface area (Å²) >= 11 is 6.75. The summed E-state index contributed by atoms with van der Waals surface area (Å²) in [5.41, 5.74) is 3.72. The van der Waals surface area contributed by atoms with Crippen molar-refractivity contribution >= 4 is 45.8 Å². The van der Waals surface area contributed by atoms with Crippen molar-refractivity contribution in [2.75, 3.05) is 18.4 Å². The molecule has 0 saturated carbocycles. The summed E-state index contributed by atoms with van der Waals surface area (Å²) in [6.07, 6.45) is 9.90. The number of amides is 1. The molecule has 0 atom stereocenters. The SMILES string of the molecule is CCc1cc(Nc2nc3ncc(Oc4cnn5ccncc45)c(Cl)c3n2C)cc(C(=O)N2CCC2)n1. The van der Waals surface area contributed by atoms with Gasteiger partial charge in [0.1, 0.15) is 21.7 Å². The van der Waals surface area contributed by atoms with Crippen LogP contribution < -0.4 is 10.1 Å². The molecule has 6 heterocycles. The lowest BCUT2D eigenvalue weighted by molar-refractivity contribution is 0.0645. The van der Waals surface area contributed by atoms with Gasteiger partial charge in [0.2, 0.25) is 5.95 Å². The van der Waals surface area contributed by atoms with E-state index in [4.69, 9.17) is 16.3 Å². The van der Waals surface area contributed by atoms with Gasteiger partial charge in [-0.25, -0.2) is 14.5 Å². The number of aryl methyl sites for hydroxylation is 2. The molecule has 6 rings (SSSR count). The number of hydrogen-bond acceptors (Lipinski definition) is 8. The predicted molar refractivity (Wildman–Crippen MR) is 134 cm³/mol. The van der Waals surface area contributed by atoms with Gasteiger partial charge in [-0.3, -0.25) is 9.78 Å². The first-order valence-electron chi connectivity index (χ1n) is 11.5. The van der Waals surface area contributed by atoms with Gasteiger partial charge in [0.05, 0.1) is 18.6 Å². The molecule has 1 fully saturated rings. The van der Waals surface area contributed by atoms with Crippen LogP contribution in [-0.4, -0.2) is 58.0 Å². The second-order valence-electron chi connectivity index (χ2n) is 8.48. The summed E-state index contributed by atoms with van der Waals surface area (Å²) < 4.78 is 9.50. The molecule has 1 N–H and O–H groups in total. The van der Waals surface area contributed by atoms with Crippen LogP contribution in [0.4, 0.5) is 11.6 Å². The van der Waals surface area contributed by atoms with Gasteiger partial charge in [-0.2, -0.15) is 10.1 Å². The fourth-order valence-corrected chi connectivity index (χ4v) is 4.37. The molecule has 36 heavy (non-hydrogen) atoms. The Balaban J connectivity index is 1.33. The summed E-state index contributed by atoms with van der Waals surface area (Å²) in [5.74, 6) is 1.35. The third-order valence-corrected chi connectivity index (χ3v) is 6.54. The lowest BCUT2D eigenvalue weighted by Crippen LogP contribution is -2.42. The number of ether oxygens (including phenoxy) is 1. The number of pyridine rings is 2. The summed E-state index contributed by atoms with van der Waals surface area (Å²) in [5, 5.41) is 7.93. The Kier molecular flexibility index (Phi) is 5.41. The second kappa shape index (κ2) is 8.76. The molecule has 0 bridgehead atoms. The summed E-state index contributed by atoms with van der Waals surface area (Å²) in [4.78, 5) is 32.3. The van der Waals surface area contributed by atoms with E-state index in [-0.39, 0.29) is 5.91 Å². The highest BCUT2D eigenvalue weighted by molar-refractivity contribution is 6.36. The van der Waals surface area contributed by atoms with Gasteiger partial charge >= 0.3 is 0 Å². The molecule has 1 amide bonds. The van der Waals surface area contributed by atoms with Crippen molar-refractivity contribution < 1.29 is 9.53 Å². The van der Waals surface area contributed by atoms with Gasteiger partial charge in [0.15, 0.2) is 17.1 Å². The number of nitrogens with one attached hydrogen (secondary N) is 1. The van der Waals surface area contributed by atoms with Crippen molar-refractivity contribution in [1.29, 1.82) is 0 Å². The third kappa shape index (κ3) is 3.77.